The van der Waals surface area contributed by atoms with Gasteiger partial charge in [0, 0.05) is 19.1 Å². The topological polar surface area (TPSA) is 72.1 Å². The van der Waals surface area contributed by atoms with Crippen LogP contribution in [0.3, 0.4) is 0 Å². The predicted octanol–water partition coefficient (Wildman–Crippen LogP) is 0.913. The molecule has 1 atom stereocenters. The van der Waals surface area contributed by atoms with Crippen molar-refractivity contribution in [3.63, 3.8) is 0 Å². The van der Waals surface area contributed by atoms with Crippen molar-refractivity contribution in [3.8, 4) is 0 Å². The van der Waals surface area contributed by atoms with E-state index in [1.54, 1.807) is 0 Å². The Bertz CT molecular complexity index is 332. The Hall–Kier alpha value is -0.720. The first-order valence-corrected chi connectivity index (χ1v) is 5.84. The standard InChI is InChI=1S/C9H14N4OS.ClH/c10-5-7-3-1-2-4-13(7)9(14)8-6-11-15-12-8;/h6-7H,1-5,10H2;1H. The van der Waals surface area contributed by atoms with Crippen LogP contribution in [0.4, 0.5) is 0 Å². The van der Waals surface area contributed by atoms with Crippen LogP contribution in [0, 0.1) is 0 Å². The second-order valence-electron chi connectivity index (χ2n) is 3.68. The average molecular weight is 263 g/mol. The van der Waals surface area contributed by atoms with E-state index in [0.29, 0.717) is 12.2 Å². The lowest BCUT2D eigenvalue weighted by atomic mass is 10.0. The van der Waals surface area contributed by atoms with E-state index in [0.717, 1.165) is 37.5 Å². The molecule has 2 rings (SSSR count). The number of halogens is 1. The first kappa shape index (κ1) is 13.3. The number of hydrogen-bond acceptors (Lipinski definition) is 5. The summed E-state index contributed by atoms with van der Waals surface area (Å²) in [5, 5.41) is 0. The van der Waals surface area contributed by atoms with E-state index in [-0.39, 0.29) is 24.4 Å². The van der Waals surface area contributed by atoms with Crippen molar-refractivity contribution < 1.29 is 4.79 Å². The Morgan fingerprint density at radius 2 is 2.44 bits per heavy atom. The minimum absolute atomic E-state index is 0. The number of nitrogens with zero attached hydrogens (tertiary/aromatic N) is 3. The van der Waals surface area contributed by atoms with Gasteiger partial charge in [0.05, 0.1) is 17.9 Å². The molecule has 16 heavy (non-hydrogen) atoms. The number of rotatable bonds is 2. The molecule has 1 aromatic rings. The molecule has 0 aliphatic carbocycles. The fourth-order valence-corrected chi connectivity index (χ4v) is 2.33. The monoisotopic (exact) mass is 262 g/mol. The Kier molecular flexibility index (Phi) is 5.11. The highest BCUT2D eigenvalue weighted by Crippen LogP contribution is 2.18. The van der Waals surface area contributed by atoms with E-state index >= 15 is 0 Å². The van der Waals surface area contributed by atoms with Crippen LogP contribution in [0.5, 0.6) is 0 Å². The molecule has 1 amide bonds. The summed E-state index contributed by atoms with van der Waals surface area (Å²) in [7, 11) is 0. The minimum atomic E-state index is -0.0288. The second-order valence-corrected chi connectivity index (χ2v) is 4.23. The molecule has 90 valence electrons. The van der Waals surface area contributed by atoms with Gasteiger partial charge < -0.3 is 10.6 Å². The van der Waals surface area contributed by atoms with Crippen LogP contribution in [0.2, 0.25) is 0 Å². The van der Waals surface area contributed by atoms with Gasteiger partial charge in [0.1, 0.15) is 0 Å². The lowest BCUT2D eigenvalue weighted by Gasteiger charge is -2.34. The van der Waals surface area contributed by atoms with E-state index in [1.165, 1.54) is 6.20 Å². The summed E-state index contributed by atoms with van der Waals surface area (Å²) >= 11 is 1.06. The summed E-state index contributed by atoms with van der Waals surface area (Å²) in [6.07, 6.45) is 4.73. The number of likely N-dealkylation sites (tertiary alicyclic amines) is 1. The number of carbonyl (C=O) groups excluding carboxylic acids is 1. The molecule has 1 unspecified atom stereocenters. The predicted molar refractivity (Wildman–Crippen MR) is 64.9 cm³/mol. The van der Waals surface area contributed by atoms with Crippen LogP contribution in [0.25, 0.3) is 0 Å². The minimum Gasteiger partial charge on any atom is -0.333 e. The number of carbonyl (C=O) groups is 1. The van der Waals surface area contributed by atoms with Crippen LogP contribution < -0.4 is 5.73 Å². The van der Waals surface area contributed by atoms with Crippen molar-refractivity contribution in [3.05, 3.63) is 11.9 Å². The Balaban J connectivity index is 0.00000128. The highest BCUT2D eigenvalue weighted by atomic mass is 35.5. The molecule has 0 spiro atoms. The van der Waals surface area contributed by atoms with Crippen molar-refractivity contribution in [2.75, 3.05) is 13.1 Å². The number of aromatic nitrogens is 2. The molecule has 1 aliphatic rings. The largest absolute Gasteiger partial charge is 0.333 e. The third-order valence-electron chi connectivity index (χ3n) is 2.74. The average Bonchev–Trinajstić information content (AvgIpc) is 2.81. The Morgan fingerprint density at radius 1 is 1.62 bits per heavy atom. The maximum absolute atomic E-state index is 12.0. The van der Waals surface area contributed by atoms with Gasteiger partial charge in [-0.25, -0.2) is 0 Å². The summed E-state index contributed by atoms with van der Waals surface area (Å²) < 4.78 is 7.80. The van der Waals surface area contributed by atoms with Crippen LogP contribution >= 0.6 is 24.1 Å². The fraction of sp³-hybridized carbons (Fsp3) is 0.667. The SMILES string of the molecule is Cl.NCC1CCCCN1C(=O)c1cnsn1. The number of amides is 1. The molecule has 1 aromatic heterocycles. The molecular formula is C9H15ClN4OS. The van der Waals surface area contributed by atoms with E-state index < -0.39 is 0 Å². The highest BCUT2D eigenvalue weighted by Gasteiger charge is 2.27. The molecule has 0 radical (unpaired) electrons. The molecular weight excluding hydrogens is 248 g/mol. The molecule has 5 nitrogen and oxygen atoms in total. The zero-order valence-electron chi connectivity index (χ0n) is 8.83. The van der Waals surface area contributed by atoms with Crippen molar-refractivity contribution in [1.29, 1.82) is 0 Å². The maximum Gasteiger partial charge on any atom is 0.275 e. The number of nitrogens with two attached hydrogens (primary N) is 1. The van der Waals surface area contributed by atoms with Gasteiger partial charge in [-0.2, -0.15) is 8.75 Å². The van der Waals surface area contributed by atoms with Gasteiger partial charge in [0.2, 0.25) is 0 Å². The third-order valence-corrected chi connectivity index (χ3v) is 3.22. The first-order chi connectivity index (χ1) is 7.33. The summed E-state index contributed by atoms with van der Waals surface area (Å²) in [5.74, 6) is -0.0288. The summed E-state index contributed by atoms with van der Waals surface area (Å²) in [4.78, 5) is 13.8. The molecule has 2 N–H and O–H groups in total. The Morgan fingerprint density at radius 3 is 3.06 bits per heavy atom. The van der Waals surface area contributed by atoms with Crippen LogP contribution in [-0.2, 0) is 0 Å². The summed E-state index contributed by atoms with van der Waals surface area (Å²) in [5.41, 5.74) is 6.10. The lowest BCUT2D eigenvalue weighted by Crippen LogP contribution is -2.47. The highest BCUT2D eigenvalue weighted by molar-refractivity contribution is 6.99. The summed E-state index contributed by atoms with van der Waals surface area (Å²) in [6.45, 7) is 1.32. The summed E-state index contributed by atoms with van der Waals surface area (Å²) in [6, 6.07) is 0.174. The van der Waals surface area contributed by atoms with Crippen molar-refractivity contribution in [2.24, 2.45) is 5.73 Å². The van der Waals surface area contributed by atoms with E-state index in [1.807, 2.05) is 4.90 Å². The zero-order valence-corrected chi connectivity index (χ0v) is 10.5. The molecule has 0 bridgehead atoms. The van der Waals surface area contributed by atoms with Crippen molar-refractivity contribution >= 4 is 30.0 Å². The zero-order chi connectivity index (χ0) is 10.7. The molecule has 1 saturated heterocycles. The second kappa shape index (κ2) is 6.12. The van der Waals surface area contributed by atoms with Gasteiger partial charge in [-0.05, 0) is 19.3 Å². The van der Waals surface area contributed by atoms with Gasteiger partial charge in [0.15, 0.2) is 5.69 Å². The Labute approximate surface area is 105 Å². The van der Waals surface area contributed by atoms with Gasteiger partial charge in [-0.3, -0.25) is 4.79 Å². The molecule has 1 fully saturated rings. The smallest absolute Gasteiger partial charge is 0.275 e. The molecule has 7 heteroatoms. The van der Waals surface area contributed by atoms with Crippen molar-refractivity contribution in [1.82, 2.24) is 13.6 Å². The molecule has 1 aliphatic heterocycles. The third kappa shape index (κ3) is 2.69. The molecule has 0 aromatic carbocycles. The van der Waals surface area contributed by atoms with Gasteiger partial charge in [-0.1, -0.05) is 0 Å². The number of piperidine rings is 1. The van der Waals surface area contributed by atoms with Crippen molar-refractivity contribution in [2.45, 2.75) is 25.3 Å². The van der Waals surface area contributed by atoms with E-state index in [9.17, 15) is 4.79 Å². The van der Waals surface area contributed by atoms with Crippen LogP contribution in [0.15, 0.2) is 6.20 Å². The maximum atomic E-state index is 12.0. The van der Waals surface area contributed by atoms with Crippen LogP contribution in [-0.4, -0.2) is 38.7 Å². The van der Waals surface area contributed by atoms with E-state index in [4.69, 9.17) is 5.73 Å². The van der Waals surface area contributed by atoms with Crippen LogP contribution in [0.1, 0.15) is 29.8 Å². The number of hydrogen-bond donors (Lipinski definition) is 1. The van der Waals surface area contributed by atoms with E-state index in [2.05, 4.69) is 8.75 Å². The molecule has 0 saturated carbocycles. The van der Waals surface area contributed by atoms with Gasteiger partial charge in [-0.15, -0.1) is 12.4 Å². The first-order valence-electron chi connectivity index (χ1n) is 5.11. The molecule has 2 heterocycles. The van der Waals surface area contributed by atoms with Gasteiger partial charge >= 0.3 is 0 Å². The quantitative estimate of drug-likeness (QED) is 0.860. The normalized spacial score (nSPS) is 20.3. The lowest BCUT2D eigenvalue weighted by molar-refractivity contribution is 0.0618. The van der Waals surface area contributed by atoms with Gasteiger partial charge in [0.25, 0.3) is 5.91 Å². The fourth-order valence-electron chi connectivity index (χ4n) is 1.92.